The molecule has 2 heteroatoms. The largest absolute Gasteiger partial charge is 0.310 e. The lowest BCUT2D eigenvalue weighted by atomic mass is 9.82. The molecule has 0 saturated carbocycles. The second kappa shape index (κ2) is 14.6. The van der Waals surface area contributed by atoms with Gasteiger partial charge in [-0.1, -0.05) is 184 Å². The van der Waals surface area contributed by atoms with Crippen molar-refractivity contribution >= 4 is 49.6 Å². The number of nitrogens with zero attached hydrogens (tertiary/aromatic N) is 2. The lowest BCUT2D eigenvalue weighted by molar-refractivity contribution is 0.660. The monoisotopic (exact) mass is 804 g/mol. The summed E-state index contributed by atoms with van der Waals surface area (Å²) in [5.74, 6) is 0. The fourth-order valence-corrected chi connectivity index (χ4v) is 10.3. The number of rotatable bonds is 7. The molecule has 0 spiro atoms. The van der Waals surface area contributed by atoms with E-state index in [4.69, 9.17) is 0 Å². The van der Waals surface area contributed by atoms with Gasteiger partial charge in [0.25, 0.3) is 0 Å². The normalized spacial score (nSPS) is 12.7. The molecule has 12 rings (SSSR count). The summed E-state index contributed by atoms with van der Waals surface area (Å²) in [5.41, 5.74) is 19.4. The number of aromatic nitrogens is 1. The molecule has 2 nitrogen and oxygen atoms in total. The van der Waals surface area contributed by atoms with E-state index >= 15 is 0 Å². The van der Waals surface area contributed by atoms with Crippen LogP contribution in [-0.4, -0.2) is 4.57 Å². The summed E-state index contributed by atoms with van der Waals surface area (Å²) in [6, 6.07) is 84.6. The number of anilines is 3. The van der Waals surface area contributed by atoms with Crippen LogP contribution < -0.4 is 4.90 Å². The Morgan fingerprint density at radius 1 is 0.333 bits per heavy atom. The van der Waals surface area contributed by atoms with E-state index in [-0.39, 0.29) is 5.41 Å². The van der Waals surface area contributed by atoms with Gasteiger partial charge in [0, 0.05) is 38.8 Å². The minimum Gasteiger partial charge on any atom is -0.310 e. The van der Waals surface area contributed by atoms with Gasteiger partial charge in [-0.3, -0.25) is 0 Å². The number of fused-ring (bicyclic) bond motifs is 7. The molecule has 1 heterocycles. The van der Waals surface area contributed by atoms with E-state index in [1.807, 2.05) is 0 Å². The van der Waals surface area contributed by atoms with Gasteiger partial charge in [-0.05, 0) is 122 Å². The number of para-hydroxylation sites is 3. The maximum atomic E-state index is 2.43. The van der Waals surface area contributed by atoms with Crippen LogP contribution in [0.4, 0.5) is 17.1 Å². The van der Waals surface area contributed by atoms with E-state index in [1.165, 1.54) is 93.9 Å². The molecule has 0 atom stereocenters. The van der Waals surface area contributed by atoms with Gasteiger partial charge in [-0.15, -0.1) is 0 Å². The fraction of sp³-hybridized carbons (Fsp3) is 0.0492. The van der Waals surface area contributed by atoms with Crippen LogP contribution in [0.1, 0.15) is 25.0 Å². The first-order valence-corrected chi connectivity index (χ1v) is 21.9. The maximum Gasteiger partial charge on any atom is 0.0541 e. The Morgan fingerprint density at radius 3 is 1.56 bits per heavy atom. The van der Waals surface area contributed by atoms with Crippen molar-refractivity contribution < 1.29 is 0 Å². The van der Waals surface area contributed by atoms with Crippen molar-refractivity contribution in [3.05, 3.63) is 242 Å². The topological polar surface area (TPSA) is 8.17 Å². The van der Waals surface area contributed by atoms with E-state index in [9.17, 15) is 0 Å². The van der Waals surface area contributed by atoms with Crippen molar-refractivity contribution in [2.24, 2.45) is 0 Å². The molecule has 1 aliphatic rings. The third-order valence-corrected chi connectivity index (χ3v) is 13.4. The van der Waals surface area contributed by atoms with Crippen molar-refractivity contribution in [2.45, 2.75) is 19.3 Å². The van der Waals surface area contributed by atoms with Gasteiger partial charge in [0.05, 0.1) is 16.7 Å². The molecule has 10 aromatic carbocycles. The molecular formula is C61H44N2. The van der Waals surface area contributed by atoms with Crippen LogP contribution in [0.25, 0.3) is 82.8 Å². The molecule has 0 unspecified atom stereocenters. The van der Waals surface area contributed by atoms with Crippen molar-refractivity contribution in [1.82, 2.24) is 4.57 Å². The standard InChI is InChI=1S/C61H44N2/c1-61(2)56-23-11-7-19-51(56)52-38-37-48(40-57(52)61)62(46-33-29-42(30-34-46)45-28-27-41-15-3-4-16-44(41)39-45)47-35-31-43(32-36-47)49-17-5-6-18-50(49)53-20-8-12-24-58(53)63-59-25-13-9-21-54(59)55-22-10-14-26-60(55)63/h3-40H,1-2H3. The summed E-state index contributed by atoms with van der Waals surface area (Å²) in [6.45, 7) is 4.71. The molecule has 1 aliphatic carbocycles. The highest BCUT2D eigenvalue weighted by atomic mass is 15.1. The summed E-state index contributed by atoms with van der Waals surface area (Å²) in [7, 11) is 0. The van der Waals surface area contributed by atoms with Gasteiger partial charge in [0.1, 0.15) is 0 Å². The van der Waals surface area contributed by atoms with E-state index in [2.05, 4.69) is 254 Å². The second-order valence-electron chi connectivity index (χ2n) is 17.3. The van der Waals surface area contributed by atoms with Crippen molar-refractivity contribution in [2.75, 3.05) is 4.90 Å². The van der Waals surface area contributed by atoms with Crippen LogP contribution in [0.15, 0.2) is 231 Å². The van der Waals surface area contributed by atoms with Crippen LogP contribution in [-0.2, 0) is 5.41 Å². The maximum absolute atomic E-state index is 2.43. The minimum atomic E-state index is -0.114. The van der Waals surface area contributed by atoms with Crippen LogP contribution in [0, 0.1) is 0 Å². The molecule has 0 aliphatic heterocycles. The van der Waals surface area contributed by atoms with Gasteiger partial charge in [0.2, 0.25) is 0 Å². The molecule has 0 N–H and O–H groups in total. The van der Waals surface area contributed by atoms with Crippen LogP contribution in [0.5, 0.6) is 0 Å². The summed E-state index contributed by atoms with van der Waals surface area (Å²) >= 11 is 0. The van der Waals surface area contributed by atoms with E-state index in [0.29, 0.717) is 0 Å². The third kappa shape index (κ3) is 6.02. The van der Waals surface area contributed by atoms with Crippen molar-refractivity contribution in [3.8, 4) is 50.2 Å². The average molecular weight is 805 g/mol. The molecule has 0 amide bonds. The first kappa shape index (κ1) is 36.9. The molecule has 63 heavy (non-hydrogen) atoms. The molecule has 0 bridgehead atoms. The Balaban J connectivity index is 0.963. The Labute approximate surface area is 368 Å². The zero-order chi connectivity index (χ0) is 42.1. The summed E-state index contributed by atoms with van der Waals surface area (Å²) in [4.78, 5) is 2.41. The Kier molecular flexibility index (Phi) is 8.55. The predicted octanol–water partition coefficient (Wildman–Crippen LogP) is 16.7. The van der Waals surface area contributed by atoms with Crippen molar-refractivity contribution in [3.63, 3.8) is 0 Å². The summed E-state index contributed by atoms with van der Waals surface area (Å²) in [6.07, 6.45) is 0. The molecule has 11 aromatic rings. The smallest absolute Gasteiger partial charge is 0.0541 e. The highest BCUT2D eigenvalue weighted by Crippen LogP contribution is 2.51. The van der Waals surface area contributed by atoms with Gasteiger partial charge in [-0.25, -0.2) is 0 Å². The Morgan fingerprint density at radius 2 is 0.841 bits per heavy atom. The van der Waals surface area contributed by atoms with E-state index < -0.39 is 0 Å². The molecular weight excluding hydrogens is 761 g/mol. The van der Waals surface area contributed by atoms with Crippen molar-refractivity contribution in [1.29, 1.82) is 0 Å². The van der Waals surface area contributed by atoms with Gasteiger partial charge in [-0.2, -0.15) is 0 Å². The zero-order valence-electron chi connectivity index (χ0n) is 35.3. The lowest BCUT2D eigenvalue weighted by Crippen LogP contribution is -2.16. The quantitative estimate of drug-likeness (QED) is 0.156. The summed E-state index contributed by atoms with van der Waals surface area (Å²) in [5, 5.41) is 5.02. The zero-order valence-corrected chi connectivity index (χ0v) is 35.3. The predicted molar refractivity (Wildman–Crippen MR) is 267 cm³/mol. The second-order valence-corrected chi connectivity index (χ2v) is 17.3. The van der Waals surface area contributed by atoms with Gasteiger partial charge < -0.3 is 9.47 Å². The van der Waals surface area contributed by atoms with Gasteiger partial charge in [0.15, 0.2) is 0 Å². The van der Waals surface area contributed by atoms with Crippen LogP contribution in [0.2, 0.25) is 0 Å². The average Bonchev–Trinajstić information content (AvgIpc) is 3.80. The van der Waals surface area contributed by atoms with Crippen LogP contribution >= 0.6 is 0 Å². The molecule has 0 saturated heterocycles. The highest BCUT2D eigenvalue weighted by Gasteiger charge is 2.35. The van der Waals surface area contributed by atoms with Gasteiger partial charge >= 0.3 is 0 Å². The summed E-state index contributed by atoms with van der Waals surface area (Å²) < 4.78 is 2.43. The fourth-order valence-electron chi connectivity index (χ4n) is 10.3. The number of benzene rings is 10. The highest BCUT2D eigenvalue weighted by molar-refractivity contribution is 6.10. The number of hydrogen-bond donors (Lipinski definition) is 0. The molecule has 0 radical (unpaired) electrons. The molecule has 298 valence electrons. The lowest BCUT2D eigenvalue weighted by Gasteiger charge is -2.28. The first-order chi connectivity index (χ1) is 31.0. The third-order valence-electron chi connectivity index (χ3n) is 13.4. The Hall–Kier alpha value is -7.94. The van der Waals surface area contributed by atoms with E-state index in [1.54, 1.807) is 0 Å². The molecule has 0 fully saturated rings. The number of hydrogen-bond acceptors (Lipinski definition) is 1. The minimum absolute atomic E-state index is 0.114. The van der Waals surface area contributed by atoms with E-state index in [0.717, 1.165) is 17.1 Å². The SMILES string of the molecule is CC1(C)c2ccccc2-c2ccc(N(c3ccc(-c4ccc5ccccc5c4)cc3)c3ccc(-c4ccccc4-c4ccccc4-n4c5ccccc5c5ccccc54)cc3)cc21. The Bertz CT molecular complexity index is 3480. The first-order valence-electron chi connectivity index (χ1n) is 21.9. The molecule has 1 aromatic heterocycles. The van der Waals surface area contributed by atoms with Crippen LogP contribution in [0.3, 0.4) is 0 Å².